The molecule has 0 unspecified atom stereocenters. The molecule has 0 atom stereocenters. The van der Waals surface area contributed by atoms with Crippen LogP contribution in [0, 0.1) is 0 Å². The molecule has 8 nitrogen and oxygen atoms in total. The van der Waals surface area contributed by atoms with Gasteiger partial charge >= 0.3 is 5.97 Å². The Kier molecular flexibility index (Phi) is 6.01. The number of piperidine rings is 1. The number of aromatic amines is 1. The van der Waals surface area contributed by atoms with E-state index in [0.717, 1.165) is 53.9 Å². The van der Waals surface area contributed by atoms with Crippen molar-refractivity contribution in [3.05, 3.63) is 53.0 Å². The second-order valence-corrected chi connectivity index (χ2v) is 10.2. The Bertz CT molecular complexity index is 1430. The molecular formula is C28H33N5O3. The van der Waals surface area contributed by atoms with Crippen LogP contribution < -0.4 is 0 Å². The van der Waals surface area contributed by atoms with E-state index in [2.05, 4.69) is 58.2 Å². The lowest BCUT2D eigenvalue weighted by Gasteiger charge is -2.31. The zero-order valence-corrected chi connectivity index (χ0v) is 21.2. The normalized spacial score (nSPS) is 16.9. The molecule has 0 saturated carbocycles. The molecule has 2 aliphatic rings. The molecule has 1 N–H and O–H groups in total. The number of hydrogen-bond donors (Lipinski definition) is 1. The van der Waals surface area contributed by atoms with E-state index in [0.29, 0.717) is 38.2 Å². The van der Waals surface area contributed by atoms with Crippen LogP contribution in [0.2, 0.25) is 0 Å². The van der Waals surface area contributed by atoms with E-state index in [1.54, 1.807) is 6.33 Å². The first-order valence-corrected chi connectivity index (χ1v) is 13.0. The average molecular weight is 488 g/mol. The average Bonchev–Trinajstić information content (AvgIpc) is 3.61. The zero-order valence-electron chi connectivity index (χ0n) is 21.2. The van der Waals surface area contributed by atoms with Gasteiger partial charge in [0.2, 0.25) is 0 Å². The third kappa shape index (κ3) is 3.98. The number of ether oxygens (including phenoxy) is 2. The molecule has 6 rings (SSSR count). The predicted molar refractivity (Wildman–Crippen MR) is 138 cm³/mol. The highest BCUT2D eigenvalue weighted by atomic mass is 16.5. The molecule has 36 heavy (non-hydrogen) atoms. The van der Waals surface area contributed by atoms with Gasteiger partial charge in [0.15, 0.2) is 5.65 Å². The monoisotopic (exact) mass is 487 g/mol. The van der Waals surface area contributed by atoms with Crippen molar-refractivity contribution in [1.29, 1.82) is 0 Å². The number of H-pyrrole nitrogens is 1. The molecule has 5 heterocycles. The van der Waals surface area contributed by atoms with Crippen molar-refractivity contribution in [2.75, 3.05) is 26.2 Å². The summed E-state index contributed by atoms with van der Waals surface area (Å²) >= 11 is 0. The van der Waals surface area contributed by atoms with Crippen LogP contribution in [0.5, 0.6) is 0 Å². The number of benzene rings is 1. The van der Waals surface area contributed by atoms with Crippen molar-refractivity contribution in [2.24, 2.45) is 0 Å². The number of aromatic nitrogens is 4. The number of esters is 1. The summed E-state index contributed by atoms with van der Waals surface area (Å²) in [7, 11) is 0. The van der Waals surface area contributed by atoms with Gasteiger partial charge in [0.25, 0.3) is 0 Å². The fourth-order valence-corrected chi connectivity index (χ4v) is 5.96. The topological polar surface area (TPSA) is 84.8 Å². The largest absolute Gasteiger partial charge is 0.465 e. The number of likely N-dealkylation sites (tertiary alicyclic amines) is 1. The van der Waals surface area contributed by atoms with Crippen LogP contribution in [-0.2, 0) is 27.5 Å². The summed E-state index contributed by atoms with van der Waals surface area (Å²) in [5.41, 5.74) is 9.39. The number of carbonyl (C=O) groups is 1. The number of nitrogens with zero attached hydrogens (tertiary/aromatic N) is 4. The Balaban J connectivity index is 1.34. The first kappa shape index (κ1) is 23.2. The van der Waals surface area contributed by atoms with Gasteiger partial charge in [-0.05, 0) is 73.5 Å². The number of rotatable bonds is 6. The van der Waals surface area contributed by atoms with E-state index in [1.165, 1.54) is 22.1 Å². The lowest BCUT2D eigenvalue weighted by Crippen LogP contribution is -2.37. The van der Waals surface area contributed by atoms with Crippen molar-refractivity contribution in [1.82, 2.24) is 24.5 Å². The highest BCUT2D eigenvalue weighted by Gasteiger charge is 2.27. The molecule has 0 aliphatic carbocycles. The number of fused-ring (bicyclic) bond motifs is 4. The molecule has 3 aromatic heterocycles. The minimum absolute atomic E-state index is 0.125. The Morgan fingerprint density at radius 3 is 2.81 bits per heavy atom. The fourth-order valence-electron chi connectivity index (χ4n) is 5.96. The van der Waals surface area contributed by atoms with Crippen LogP contribution in [0.3, 0.4) is 0 Å². The highest BCUT2D eigenvalue weighted by molar-refractivity contribution is 5.93. The first-order valence-electron chi connectivity index (χ1n) is 13.0. The maximum Gasteiger partial charge on any atom is 0.320 e. The molecule has 8 heteroatoms. The van der Waals surface area contributed by atoms with Gasteiger partial charge in [-0.15, -0.1) is 0 Å². The Morgan fingerprint density at radius 2 is 2.03 bits per heavy atom. The molecule has 0 spiro atoms. The molecule has 0 radical (unpaired) electrons. The Labute approximate surface area is 210 Å². The molecule has 0 bridgehead atoms. The SMILES string of the molecule is CCOC(=O)CN1CCC(c2ccc3[nH]c(-c4cn5ncnc5c5c4COC5)c(C(C)C)c3c2)CC1. The fraction of sp³-hybridized carbons (Fsp3) is 0.464. The summed E-state index contributed by atoms with van der Waals surface area (Å²) in [5, 5.41) is 5.71. The second kappa shape index (κ2) is 9.33. The van der Waals surface area contributed by atoms with Crippen LogP contribution in [-0.4, -0.2) is 56.7 Å². The number of hydrogen-bond acceptors (Lipinski definition) is 6. The molecule has 188 valence electrons. The zero-order chi connectivity index (χ0) is 24.8. The summed E-state index contributed by atoms with van der Waals surface area (Å²) in [6.07, 6.45) is 5.79. The smallest absolute Gasteiger partial charge is 0.320 e. The van der Waals surface area contributed by atoms with Crippen LogP contribution in [0.4, 0.5) is 0 Å². The summed E-state index contributed by atoms with van der Waals surface area (Å²) in [5.74, 6) is 0.718. The summed E-state index contributed by atoms with van der Waals surface area (Å²) in [6.45, 7) is 10.2. The molecule has 1 fully saturated rings. The molecule has 0 amide bonds. The van der Waals surface area contributed by atoms with Crippen molar-refractivity contribution < 1.29 is 14.3 Å². The minimum atomic E-state index is -0.125. The van der Waals surface area contributed by atoms with Crippen LogP contribution in [0.1, 0.15) is 67.7 Å². The van der Waals surface area contributed by atoms with E-state index >= 15 is 0 Å². The van der Waals surface area contributed by atoms with E-state index in [-0.39, 0.29) is 5.97 Å². The first-order chi connectivity index (χ1) is 17.5. The number of pyridine rings is 1. The molecule has 1 aromatic carbocycles. The van der Waals surface area contributed by atoms with Gasteiger partial charge in [-0.3, -0.25) is 9.69 Å². The maximum absolute atomic E-state index is 11.9. The summed E-state index contributed by atoms with van der Waals surface area (Å²) in [6, 6.07) is 6.89. The van der Waals surface area contributed by atoms with Gasteiger partial charge in [-0.2, -0.15) is 5.10 Å². The third-order valence-corrected chi connectivity index (χ3v) is 7.70. The van der Waals surface area contributed by atoms with Crippen molar-refractivity contribution in [2.45, 2.75) is 58.7 Å². The third-order valence-electron chi connectivity index (χ3n) is 7.70. The highest BCUT2D eigenvalue weighted by Crippen LogP contribution is 2.41. The lowest BCUT2D eigenvalue weighted by molar-refractivity contribution is -0.144. The maximum atomic E-state index is 11.9. The number of nitrogens with one attached hydrogen (secondary N) is 1. The van der Waals surface area contributed by atoms with Crippen LogP contribution in [0.25, 0.3) is 27.8 Å². The lowest BCUT2D eigenvalue weighted by atomic mass is 9.87. The molecule has 4 aromatic rings. The Morgan fingerprint density at radius 1 is 1.22 bits per heavy atom. The van der Waals surface area contributed by atoms with Gasteiger partial charge in [-0.1, -0.05) is 19.9 Å². The quantitative estimate of drug-likeness (QED) is 0.394. The van der Waals surface area contributed by atoms with Crippen molar-refractivity contribution in [3.8, 4) is 11.3 Å². The van der Waals surface area contributed by atoms with Crippen molar-refractivity contribution >= 4 is 22.5 Å². The second-order valence-electron chi connectivity index (χ2n) is 10.2. The summed E-state index contributed by atoms with van der Waals surface area (Å²) in [4.78, 5) is 22.3. The van der Waals surface area contributed by atoms with Gasteiger partial charge in [0.05, 0.1) is 32.1 Å². The summed E-state index contributed by atoms with van der Waals surface area (Å²) < 4.78 is 12.8. The van der Waals surface area contributed by atoms with E-state index in [4.69, 9.17) is 9.47 Å². The minimum Gasteiger partial charge on any atom is -0.465 e. The molecular weight excluding hydrogens is 454 g/mol. The molecule has 1 saturated heterocycles. The van der Waals surface area contributed by atoms with Crippen LogP contribution in [0.15, 0.2) is 30.7 Å². The standard InChI is InChI=1S/C28H33N5O3/c1-4-36-25(34)13-32-9-7-18(8-10-32)19-5-6-24-20(11-19)26(17(2)3)27(31-24)21-12-33-28(29-16-30-33)23-15-35-14-22(21)23/h5-6,11-12,16-18,31H,4,7-10,13-15H2,1-3H3. The van der Waals surface area contributed by atoms with Crippen LogP contribution >= 0.6 is 0 Å². The number of carbonyl (C=O) groups excluding carboxylic acids is 1. The van der Waals surface area contributed by atoms with E-state index in [1.807, 2.05) is 11.4 Å². The van der Waals surface area contributed by atoms with E-state index in [9.17, 15) is 4.79 Å². The predicted octanol–water partition coefficient (Wildman–Crippen LogP) is 4.77. The van der Waals surface area contributed by atoms with E-state index < -0.39 is 0 Å². The van der Waals surface area contributed by atoms with Gasteiger partial charge in [0, 0.05) is 28.2 Å². The Hall–Kier alpha value is -3.23. The molecule has 2 aliphatic heterocycles. The van der Waals surface area contributed by atoms with Crippen molar-refractivity contribution in [3.63, 3.8) is 0 Å². The van der Waals surface area contributed by atoms with Gasteiger partial charge in [-0.25, -0.2) is 9.50 Å². The van der Waals surface area contributed by atoms with Gasteiger partial charge < -0.3 is 14.5 Å². The van der Waals surface area contributed by atoms with Gasteiger partial charge in [0.1, 0.15) is 6.33 Å².